The van der Waals surface area contributed by atoms with Crippen molar-refractivity contribution in [3.8, 4) is 0 Å². The van der Waals surface area contributed by atoms with E-state index in [-0.39, 0.29) is 25.1 Å². The first-order valence-corrected chi connectivity index (χ1v) is 28.3. The largest absolute Gasteiger partial charge is 0.481 e. The van der Waals surface area contributed by atoms with Crippen LogP contribution in [0.3, 0.4) is 0 Å². The number of anilines is 1. The van der Waals surface area contributed by atoms with Crippen molar-refractivity contribution < 1.29 is 81.6 Å². The molecule has 21 nitrogen and oxygen atoms in total. The number of nitrogen functional groups attached to an aromatic ring is 1. The van der Waals surface area contributed by atoms with Crippen LogP contribution in [-0.4, -0.2) is 119 Å². The Morgan fingerprint density at radius 2 is 1.53 bits per heavy atom. The summed E-state index contributed by atoms with van der Waals surface area (Å²) in [5.41, 5.74) is 4.81. The fourth-order valence-electron chi connectivity index (χ4n) is 8.54. The molecule has 3 heterocycles. The molecule has 2 aliphatic heterocycles. The molecule has 2 bridgehead atoms. The molecule has 23 heteroatoms. The number of hydrogen-bond acceptors (Lipinski definition) is 18. The summed E-state index contributed by atoms with van der Waals surface area (Å²) in [6, 6.07) is 1.26. The van der Waals surface area contributed by atoms with Gasteiger partial charge >= 0.3 is 33.3 Å². The molecule has 13 atom stereocenters. The molecule has 1 aromatic rings. The maximum atomic E-state index is 13.3. The number of ether oxygens (including phenoxy) is 3. The summed E-state index contributed by atoms with van der Waals surface area (Å²) < 4.78 is 59.0. The monoisotopic (exact) mass is 1040 g/mol. The molecule has 2 saturated heterocycles. The number of esters is 2. The van der Waals surface area contributed by atoms with Crippen molar-refractivity contribution in [1.82, 2.24) is 9.55 Å². The van der Waals surface area contributed by atoms with E-state index in [9.17, 15) is 58.8 Å². The number of aliphatic hydroxyl groups excluding tert-OH is 5. The maximum Gasteiger partial charge on any atom is 0.481 e. The topological polar surface area (TPSA) is 326 Å². The van der Waals surface area contributed by atoms with E-state index < -0.39 is 120 Å². The molecule has 1 aromatic heterocycles. The van der Waals surface area contributed by atoms with Crippen molar-refractivity contribution in [2.45, 2.75) is 211 Å². The standard InChI is InChI=1S/C47H83N3O18P2/c1-4-6-15-21-34(51)25-26-36-38(52)29-39(53)37-22-17-13-14-19-24-43(55)66-35(30-63-42(54)23-18-12-10-8-7-9-11-16-20-33(3)5-2)31-64-69(59,60)68-70(61,62)65-32-40(45(57)44(36)56)67-46(37)50-28-27-41(48)49-47(50)58/h25-28,33-40,44-46,51-53,56-57H,4-24,29-32H2,1-3H3,(H,59,60)(H,61,62)(H2,48,49,58)/b26-25-/t33?,34-,35+,36-,37-,38+,39-,40+,44-,45+,46+/m0/s1. The van der Waals surface area contributed by atoms with Gasteiger partial charge in [0.25, 0.3) is 0 Å². The van der Waals surface area contributed by atoms with E-state index in [1.807, 2.05) is 6.92 Å². The van der Waals surface area contributed by atoms with Crippen molar-refractivity contribution >= 4 is 33.4 Å². The quantitative estimate of drug-likeness (QED) is 0.0290. The minimum Gasteiger partial charge on any atom is -0.462 e. The van der Waals surface area contributed by atoms with Gasteiger partial charge in [-0.15, -0.1) is 0 Å². The number of fused-ring (bicyclic) bond motifs is 3. The third-order valence-corrected chi connectivity index (χ3v) is 15.6. The first kappa shape index (κ1) is 61.7. The van der Waals surface area contributed by atoms with Crippen molar-refractivity contribution in [1.29, 1.82) is 0 Å². The number of carbonyl (C=O) groups is 2. The molecule has 0 spiro atoms. The molecule has 0 saturated carbocycles. The van der Waals surface area contributed by atoms with Gasteiger partial charge < -0.3 is 55.3 Å². The SMILES string of the molecule is CCCCC[C@H](O)/C=C\[C@@H]1[C@H](O)[C@H](O)[C@H]2COP(=O)(O)OP(=O)(O)OC[C@@H](COC(=O)CCCCCCCCCCC(C)CC)OC(=O)CCCCCC[C@H]([C@H](n3ccc(N)nc3=O)O2)[C@@H](O)C[C@H]1O. The summed E-state index contributed by atoms with van der Waals surface area (Å²) in [5, 5.41) is 57.4. The number of cyclic esters (lactones) is 1. The molecule has 3 rings (SSSR count). The molecule has 0 aliphatic carbocycles. The van der Waals surface area contributed by atoms with Gasteiger partial charge in [0.15, 0.2) is 6.10 Å². The maximum absolute atomic E-state index is 13.3. The molecule has 2 aliphatic rings. The summed E-state index contributed by atoms with van der Waals surface area (Å²) in [7, 11) is -11.3. The van der Waals surface area contributed by atoms with Crippen LogP contribution in [0.4, 0.5) is 5.82 Å². The predicted octanol–water partition coefficient (Wildman–Crippen LogP) is 6.29. The fourth-order valence-corrected chi connectivity index (χ4v) is 10.6. The summed E-state index contributed by atoms with van der Waals surface area (Å²) in [4.78, 5) is 64.1. The van der Waals surface area contributed by atoms with E-state index >= 15 is 0 Å². The molecule has 0 aromatic carbocycles. The van der Waals surface area contributed by atoms with Crippen molar-refractivity contribution in [3.05, 3.63) is 34.9 Å². The Hall–Kier alpha value is -2.62. The van der Waals surface area contributed by atoms with Crippen LogP contribution in [0, 0.1) is 17.8 Å². The van der Waals surface area contributed by atoms with Gasteiger partial charge in [0.05, 0.1) is 37.6 Å². The highest BCUT2D eigenvalue weighted by molar-refractivity contribution is 7.61. The average molecular weight is 1040 g/mol. The van der Waals surface area contributed by atoms with Gasteiger partial charge in [0.1, 0.15) is 30.9 Å². The van der Waals surface area contributed by atoms with Gasteiger partial charge in [0.2, 0.25) is 0 Å². The van der Waals surface area contributed by atoms with Gasteiger partial charge in [-0.05, 0) is 37.7 Å². The van der Waals surface area contributed by atoms with Gasteiger partial charge in [-0.25, -0.2) is 13.9 Å². The first-order chi connectivity index (χ1) is 33.3. The lowest BCUT2D eigenvalue weighted by molar-refractivity contribution is -0.195. The molecular weight excluding hydrogens is 956 g/mol. The number of nitrogens with two attached hydrogens (primary N) is 1. The minimum atomic E-state index is -5.69. The van der Waals surface area contributed by atoms with Gasteiger partial charge in [-0.3, -0.25) is 23.2 Å². The first-order valence-electron chi connectivity index (χ1n) is 25.4. The number of phosphoric ester groups is 2. The number of hydrogen-bond donors (Lipinski definition) is 8. The van der Waals surface area contributed by atoms with Crippen LogP contribution in [0.2, 0.25) is 0 Å². The Morgan fingerprint density at radius 3 is 2.20 bits per heavy atom. The molecule has 0 amide bonds. The van der Waals surface area contributed by atoms with Crippen LogP contribution < -0.4 is 11.4 Å². The number of nitrogens with zero attached hydrogens (tertiary/aromatic N) is 2. The Morgan fingerprint density at radius 1 is 0.886 bits per heavy atom. The van der Waals surface area contributed by atoms with Crippen LogP contribution in [-0.2, 0) is 46.3 Å². The molecular formula is C47H83N3O18P2. The number of carbonyl (C=O) groups excluding carboxylic acids is 2. The highest BCUT2D eigenvalue weighted by atomic mass is 31.3. The zero-order chi connectivity index (χ0) is 51.7. The molecule has 3 unspecified atom stereocenters. The second-order valence-electron chi connectivity index (χ2n) is 18.9. The van der Waals surface area contributed by atoms with Crippen LogP contribution in [0.1, 0.15) is 168 Å². The van der Waals surface area contributed by atoms with Crippen LogP contribution in [0.25, 0.3) is 0 Å². The molecule has 9 N–H and O–H groups in total. The van der Waals surface area contributed by atoms with Crippen molar-refractivity contribution in [2.24, 2.45) is 17.8 Å². The average Bonchev–Trinajstić information content (AvgIpc) is 3.29. The number of aromatic nitrogens is 2. The summed E-state index contributed by atoms with van der Waals surface area (Å²) in [6.07, 6.45) is 5.48. The Balaban J connectivity index is 1.82. The zero-order valence-corrected chi connectivity index (χ0v) is 43.1. The molecule has 0 radical (unpaired) electrons. The lowest BCUT2D eigenvalue weighted by atomic mass is 9.82. The van der Waals surface area contributed by atoms with Crippen LogP contribution >= 0.6 is 15.6 Å². The van der Waals surface area contributed by atoms with Crippen LogP contribution in [0.15, 0.2) is 29.2 Å². The highest BCUT2D eigenvalue weighted by Crippen LogP contribution is 2.60. The van der Waals surface area contributed by atoms with Crippen molar-refractivity contribution in [3.63, 3.8) is 0 Å². The fraction of sp³-hybridized carbons (Fsp3) is 0.830. The van der Waals surface area contributed by atoms with E-state index in [1.165, 1.54) is 56.5 Å². The Bertz CT molecular complexity index is 1860. The second-order valence-corrected chi connectivity index (χ2v) is 21.9. The van der Waals surface area contributed by atoms with Crippen molar-refractivity contribution in [2.75, 3.05) is 25.6 Å². The minimum absolute atomic E-state index is 0.0892. The van der Waals surface area contributed by atoms with E-state index in [2.05, 4.69) is 23.1 Å². The highest BCUT2D eigenvalue weighted by Gasteiger charge is 2.45. The second kappa shape index (κ2) is 32.5. The summed E-state index contributed by atoms with van der Waals surface area (Å²) in [5.74, 6) is -3.21. The normalized spacial score (nSPS) is 31.4. The lowest BCUT2D eigenvalue weighted by Gasteiger charge is -2.41. The Kier molecular flexibility index (Phi) is 28.7. The number of rotatable bonds is 21. The van der Waals surface area contributed by atoms with E-state index in [4.69, 9.17) is 29.0 Å². The predicted molar refractivity (Wildman–Crippen MR) is 259 cm³/mol. The van der Waals surface area contributed by atoms with Crippen LogP contribution in [0.5, 0.6) is 0 Å². The van der Waals surface area contributed by atoms with Gasteiger partial charge in [-0.2, -0.15) is 9.29 Å². The zero-order valence-electron chi connectivity index (χ0n) is 41.3. The smallest absolute Gasteiger partial charge is 0.462 e. The number of unbranched alkanes of at least 4 members (excludes halogenated alkanes) is 9. The van der Waals surface area contributed by atoms with E-state index in [1.54, 1.807) is 0 Å². The lowest BCUT2D eigenvalue weighted by Crippen LogP contribution is -2.52. The summed E-state index contributed by atoms with van der Waals surface area (Å²) in [6.45, 7) is 3.82. The van der Waals surface area contributed by atoms with E-state index in [0.29, 0.717) is 44.9 Å². The number of aliphatic hydroxyl groups is 5. The Labute approximate surface area is 412 Å². The number of phosphoric acid groups is 2. The molecule has 404 valence electrons. The van der Waals surface area contributed by atoms with Gasteiger partial charge in [-0.1, -0.05) is 129 Å². The molecule has 70 heavy (non-hydrogen) atoms. The van der Waals surface area contributed by atoms with E-state index in [0.717, 1.165) is 49.0 Å². The van der Waals surface area contributed by atoms with Gasteiger partial charge in [0, 0.05) is 37.3 Å². The summed E-state index contributed by atoms with van der Waals surface area (Å²) >= 11 is 0. The third-order valence-electron chi connectivity index (χ3n) is 13.0. The molecule has 2 fully saturated rings. The third kappa shape index (κ3) is 23.5.